The number of aromatic nitrogens is 2. The molecule has 1 amide bonds. The van der Waals surface area contributed by atoms with Crippen LogP contribution in [-0.4, -0.2) is 52.9 Å². The predicted molar refractivity (Wildman–Crippen MR) is 90.2 cm³/mol. The zero-order valence-corrected chi connectivity index (χ0v) is 14.4. The van der Waals surface area contributed by atoms with Gasteiger partial charge in [-0.2, -0.15) is 0 Å². The Hall–Kier alpha value is -1.69. The molecule has 0 aromatic carbocycles. The van der Waals surface area contributed by atoms with Gasteiger partial charge in [-0.1, -0.05) is 6.92 Å². The Bertz CT molecular complexity index is 571. The van der Waals surface area contributed by atoms with Crippen LogP contribution < -0.4 is 5.32 Å². The van der Waals surface area contributed by atoms with Gasteiger partial charge in [0.1, 0.15) is 5.82 Å². The van der Waals surface area contributed by atoms with E-state index in [1.807, 2.05) is 18.9 Å². The van der Waals surface area contributed by atoms with Crippen molar-refractivity contribution in [3.63, 3.8) is 0 Å². The largest absolute Gasteiger partial charge is 0.373 e. The van der Waals surface area contributed by atoms with Crippen molar-refractivity contribution >= 4 is 11.7 Å². The maximum atomic E-state index is 12.3. The van der Waals surface area contributed by atoms with E-state index < -0.39 is 0 Å². The first-order valence-electron chi connectivity index (χ1n) is 8.69. The van der Waals surface area contributed by atoms with Crippen LogP contribution >= 0.6 is 0 Å². The fourth-order valence-corrected chi connectivity index (χ4v) is 3.63. The van der Waals surface area contributed by atoms with E-state index in [1.54, 1.807) is 0 Å². The van der Waals surface area contributed by atoms with Crippen LogP contribution in [0.25, 0.3) is 0 Å². The summed E-state index contributed by atoms with van der Waals surface area (Å²) < 4.78 is 0. The molecule has 126 valence electrons. The van der Waals surface area contributed by atoms with E-state index in [0.29, 0.717) is 6.42 Å². The third kappa shape index (κ3) is 3.17. The summed E-state index contributed by atoms with van der Waals surface area (Å²) in [6.45, 7) is 4.66. The van der Waals surface area contributed by atoms with Crippen molar-refractivity contribution in [2.45, 2.75) is 51.6 Å². The molecule has 0 saturated carbocycles. The molecule has 6 nitrogen and oxygen atoms in total. The standard InChI is InChI=1S/C17H27N5O/c1-4-15(23)22-9-6-5-7-14(22)17-19-13-8-10-21(3)11-12(13)16(18-2)20-17/h14H,4-11H2,1-3H3,(H,18,19,20)/t14-/m0/s1. The molecule has 1 aromatic rings. The molecular formula is C17H27N5O. The van der Waals surface area contributed by atoms with Crippen LogP contribution in [0.15, 0.2) is 0 Å². The molecule has 1 saturated heterocycles. The van der Waals surface area contributed by atoms with Crippen molar-refractivity contribution in [3.05, 3.63) is 17.1 Å². The fraction of sp³-hybridized carbons (Fsp3) is 0.706. The Kier molecular flexibility index (Phi) is 4.80. The Balaban J connectivity index is 1.97. The lowest BCUT2D eigenvalue weighted by molar-refractivity contribution is -0.134. The molecule has 0 aliphatic carbocycles. The SMILES string of the molecule is CCC(=O)N1CCCC[C@H]1c1nc2c(c(NC)n1)CN(C)CC2. The molecular weight excluding hydrogens is 290 g/mol. The van der Waals surface area contributed by atoms with E-state index in [-0.39, 0.29) is 11.9 Å². The molecule has 0 spiro atoms. The van der Waals surface area contributed by atoms with E-state index in [9.17, 15) is 4.79 Å². The van der Waals surface area contributed by atoms with Crippen LogP contribution in [-0.2, 0) is 17.8 Å². The van der Waals surface area contributed by atoms with Crippen LogP contribution in [0.5, 0.6) is 0 Å². The summed E-state index contributed by atoms with van der Waals surface area (Å²) in [6.07, 6.45) is 4.68. The first-order valence-corrected chi connectivity index (χ1v) is 8.69. The van der Waals surface area contributed by atoms with Gasteiger partial charge in [-0.15, -0.1) is 0 Å². The first-order chi connectivity index (χ1) is 11.1. The van der Waals surface area contributed by atoms with Gasteiger partial charge < -0.3 is 15.1 Å². The lowest BCUT2D eigenvalue weighted by Gasteiger charge is -2.35. The Morgan fingerprint density at radius 3 is 2.87 bits per heavy atom. The highest BCUT2D eigenvalue weighted by Crippen LogP contribution is 2.32. The van der Waals surface area contributed by atoms with Crippen LogP contribution in [0.2, 0.25) is 0 Å². The topological polar surface area (TPSA) is 61.4 Å². The van der Waals surface area contributed by atoms with Crippen molar-refractivity contribution in [3.8, 4) is 0 Å². The maximum absolute atomic E-state index is 12.3. The van der Waals surface area contributed by atoms with Crippen LogP contribution in [0.1, 0.15) is 55.7 Å². The second kappa shape index (κ2) is 6.83. The molecule has 3 heterocycles. The van der Waals surface area contributed by atoms with Crippen molar-refractivity contribution in [1.82, 2.24) is 19.8 Å². The Morgan fingerprint density at radius 1 is 1.30 bits per heavy atom. The van der Waals surface area contributed by atoms with Gasteiger partial charge in [-0.3, -0.25) is 4.79 Å². The summed E-state index contributed by atoms with van der Waals surface area (Å²) in [5.74, 6) is 1.95. The Labute approximate surface area is 138 Å². The van der Waals surface area contributed by atoms with Crippen molar-refractivity contribution in [2.24, 2.45) is 0 Å². The molecule has 23 heavy (non-hydrogen) atoms. The molecule has 1 aromatic heterocycles. The molecule has 6 heteroatoms. The van der Waals surface area contributed by atoms with Crippen molar-refractivity contribution in [1.29, 1.82) is 0 Å². The highest BCUT2D eigenvalue weighted by molar-refractivity contribution is 5.76. The molecule has 1 fully saturated rings. The number of rotatable bonds is 3. The van der Waals surface area contributed by atoms with E-state index in [4.69, 9.17) is 9.97 Å². The number of carbonyl (C=O) groups excluding carboxylic acids is 1. The number of nitrogens with zero attached hydrogens (tertiary/aromatic N) is 4. The molecule has 2 aliphatic heterocycles. The maximum Gasteiger partial charge on any atom is 0.222 e. The van der Waals surface area contributed by atoms with Gasteiger partial charge in [0.2, 0.25) is 5.91 Å². The summed E-state index contributed by atoms with van der Waals surface area (Å²) >= 11 is 0. The van der Waals surface area contributed by atoms with E-state index in [2.05, 4.69) is 17.3 Å². The molecule has 3 rings (SSSR count). The van der Waals surface area contributed by atoms with E-state index in [1.165, 1.54) is 5.56 Å². The van der Waals surface area contributed by atoms with Gasteiger partial charge in [0.25, 0.3) is 0 Å². The van der Waals surface area contributed by atoms with Gasteiger partial charge >= 0.3 is 0 Å². The second-order valence-corrected chi connectivity index (χ2v) is 6.55. The summed E-state index contributed by atoms with van der Waals surface area (Å²) in [5, 5.41) is 3.23. The number of piperidine rings is 1. The number of amides is 1. The van der Waals surface area contributed by atoms with Crippen LogP contribution in [0.4, 0.5) is 5.82 Å². The first kappa shape index (κ1) is 16.2. The van der Waals surface area contributed by atoms with Crippen molar-refractivity contribution < 1.29 is 4.79 Å². The smallest absolute Gasteiger partial charge is 0.222 e. The average molecular weight is 317 g/mol. The summed E-state index contributed by atoms with van der Waals surface area (Å²) in [4.78, 5) is 26.2. The minimum Gasteiger partial charge on any atom is -0.373 e. The third-order valence-electron chi connectivity index (χ3n) is 4.93. The highest BCUT2D eigenvalue weighted by atomic mass is 16.2. The van der Waals surface area contributed by atoms with Crippen LogP contribution in [0, 0.1) is 0 Å². The van der Waals surface area contributed by atoms with Gasteiger partial charge in [0.15, 0.2) is 5.82 Å². The number of hydrogen-bond acceptors (Lipinski definition) is 5. The third-order valence-corrected chi connectivity index (χ3v) is 4.93. The molecule has 1 atom stereocenters. The second-order valence-electron chi connectivity index (χ2n) is 6.55. The zero-order valence-electron chi connectivity index (χ0n) is 14.4. The monoisotopic (exact) mass is 317 g/mol. The highest BCUT2D eigenvalue weighted by Gasteiger charge is 2.31. The summed E-state index contributed by atoms with van der Waals surface area (Å²) in [5.41, 5.74) is 2.35. The lowest BCUT2D eigenvalue weighted by atomic mass is 9.99. The van der Waals surface area contributed by atoms with Gasteiger partial charge in [0, 0.05) is 45.1 Å². The average Bonchev–Trinajstić information content (AvgIpc) is 2.60. The fourth-order valence-electron chi connectivity index (χ4n) is 3.63. The van der Waals surface area contributed by atoms with Crippen LogP contribution in [0.3, 0.4) is 0 Å². The number of anilines is 1. The van der Waals surface area contributed by atoms with Gasteiger partial charge in [0.05, 0.1) is 11.7 Å². The molecule has 2 aliphatic rings. The zero-order chi connectivity index (χ0) is 16.4. The number of hydrogen-bond donors (Lipinski definition) is 1. The number of carbonyl (C=O) groups is 1. The minimum absolute atomic E-state index is 0.0354. The van der Waals surface area contributed by atoms with Gasteiger partial charge in [-0.05, 0) is 26.3 Å². The number of likely N-dealkylation sites (tertiary alicyclic amines) is 1. The normalized spacial score (nSPS) is 21.9. The molecule has 0 unspecified atom stereocenters. The van der Waals surface area contributed by atoms with Crippen molar-refractivity contribution in [2.75, 3.05) is 32.5 Å². The van der Waals surface area contributed by atoms with Gasteiger partial charge in [-0.25, -0.2) is 9.97 Å². The summed E-state index contributed by atoms with van der Waals surface area (Å²) in [6, 6.07) is 0.0354. The molecule has 0 radical (unpaired) electrons. The number of nitrogens with one attached hydrogen (secondary N) is 1. The lowest BCUT2D eigenvalue weighted by Crippen LogP contribution is -2.39. The summed E-state index contributed by atoms with van der Waals surface area (Å²) in [7, 11) is 4.04. The molecule has 1 N–H and O–H groups in total. The van der Waals surface area contributed by atoms with E-state index >= 15 is 0 Å². The molecule has 0 bridgehead atoms. The predicted octanol–water partition coefficient (Wildman–Crippen LogP) is 1.97. The Morgan fingerprint density at radius 2 is 2.13 bits per heavy atom. The minimum atomic E-state index is 0.0354. The number of likely N-dealkylation sites (N-methyl/N-ethyl adjacent to an activating group) is 1. The number of fused-ring (bicyclic) bond motifs is 1. The quantitative estimate of drug-likeness (QED) is 0.923. The van der Waals surface area contributed by atoms with E-state index in [0.717, 1.165) is 62.7 Å².